The maximum absolute atomic E-state index is 5.54. The molecule has 0 unspecified atom stereocenters. The van der Waals surface area contributed by atoms with Crippen molar-refractivity contribution < 1.29 is 4.74 Å². The van der Waals surface area contributed by atoms with Crippen LogP contribution in [-0.4, -0.2) is 23.6 Å². The smallest absolute Gasteiger partial charge is 0.224 e. The van der Waals surface area contributed by atoms with Crippen LogP contribution in [0.3, 0.4) is 0 Å². The fourth-order valence-electron chi connectivity index (χ4n) is 1.54. The summed E-state index contributed by atoms with van der Waals surface area (Å²) in [7, 11) is 1.78. The second-order valence-corrected chi connectivity index (χ2v) is 3.57. The fraction of sp³-hybridized carbons (Fsp3) is 0.231. The summed E-state index contributed by atoms with van der Waals surface area (Å²) >= 11 is 0. The maximum Gasteiger partial charge on any atom is 0.224 e. The van der Waals surface area contributed by atoms with Crippen molar-refractivity contribution in [3.8, 4) is 5.75 Å². The van der Waals surface area contributed by atoms with Gasteiger partial charge in [0.2, 0.25) is 5.95 Å². The Morgan fingerprint density at radius 2 is 2.06 bits per heavy atom. The standard InChI is InChI=1S/C13H16N4O/c1-3-18-11-7-5-4-6-10(11)16-12-8-9-15-13(14-2)17-12/h4-9H,3H2,1-2H3,(H2,14,15,16,17). The lowest BCUT2D eigenvalue weighted by atomic mass is 10.3. The molecule has 5 nitrogen and oxygen atoms in total. The quantitative estimate of drug-likeness (QED) is 0.846. The number of anilines is 3. The molecule has 0 aliphatic heterocycles. The van der Waals surface area contributed by atoms with Crippen LogP contribution in [0.15, 0.2) is 36.5 Å². The average Bonchev–Trinajstić information content (AvgIpc) is 2.41. The van der Waals surface area contributed by atoms with E-state index >= 15 is 0 Å². The van der Waals surface area contributed by atoms with E-state index < -0.39 is 0 Å². The molecule has 1 aromatic heterocycles. The summed E-state index contributed by atoms with van der Waals surface area (Å²) in [6.07, 6.45) is 1.70. The Bertz CT molecular complexity index is 516. The van der Waals surface area contributed by atoms with Gasteiger partial charge in [-0.1, -0.05) is 12.1 Å². The van der Waals surface area contributed by atoms with Crippen LogP contribution in [0.4, 0.5) is 17.5 Å². The van der Waals surface area contributed by atoms with E-state index in [0.29, 0.717) is 12.6 Å². The zero-order valence-electron chi connectivity index (χ0n) is 10.5. The first-order chi connectivity index (χ1) is 8.83. The van der Waals surface area contributed by atoms with Gasteiger partial charge in [-0.05, 0) is 25.1 Å². The van der Waals surface area contributed by atoms with Gasteiger partial charge in [-0.3, -0.25) is 0 Å². The number of rotatable bonds is 5. The molecular formula is C13H16N4O. The van der Waals surface area contributed by atoms with Crippen molar-refractivity contribution in [2.45, 2.75) is 6.92 Å². The predicted octanol–water partition coefficient (Wildman–Crippen LogP) is 2.66. The largest absolute Gasteiger partial charge is 0.492 e. The third-order valence-corrected chi connectivity index (χ3v) is 2.33. The SMILES string of the molecule is CCOc1ccccc1Nc1ccnc(NC)n1. The minimum atomic E-state index is 0.578. The monoisotopic (exact) mass is 244 g/mol. The molecule has 0 saturated carbocycles. The number of para-hydroxylation sites is 2. The Kier molecular flexibility index (Phi) is 3.96. The van der Waals surface area contributed by atoms with E-state index in [-0.39, 0.29) is 0 Å². The van der Waals surface area contributed by atoms with Crippen LogP contribution in [0.25, 0.3) is 0 Å². The van der Waals surface area contributed by atoms with Crippen LogP contribution in [-0.2, 0) is 0 Å². The Labute approximate surface area is 106 Å². The number of nitrogens with one attached hydrogen (secondary N) is 2. The normalized spacial score (nSPS) is 9.89. The van der Waals surface area contributed by atoms with Crippen LogP contribution in [0.5, 0.6) is 5.75 Å². The number of ether oxygens (including phenoxy) is 1. The van der Waals surface area contributed by atoms with E-state index in [1.165, 1.54) is 0 Å². The van der Waals surface area contributed by atoms with Gasteiger partial charge in [0.05, 0.1) is 12.3 Å². The molecule has 0 spiro atoms. The van der Waals surface area contributed by atoms with Crippen LogP contribution in [0.2, 0.25) is 0 Å². The van der Waals surface area contributed by atoms with E-state index in [1.54, 1.807) is 13.2 Å². The molecule has 94 valence electrons. The van der Waals surface area contributed by atoms with E-state index in [1.807, 2.05) is 37.3 Å². The lowest BCUT2D eigenvalue weighted by Gasteiger charge is -2.11. The molecule has 0 amide bonds. The summed E-state index contributed by atoms with van der Waals surface area (Å²) in [5.41, 5.74) is 0.889. The van der Waals surface area contributed by atoms with Gasteiger partial charge < -0.3 is 15.4 Å². The molecule has 2 rings (SSSR count). The van der Waals surface area contributed by atoms with Crippen molar-refractivity contribution in [1.82, 2.24) is 9.97 Å². The summed E-state index contributed by atoms with van der Waals surface area (Å²) in [4.78, 5) is 8.36. The van der Waals surface area contributed by atoms with Gasteiger partial charge in [-0.2, -0.15) is 4.98 Å². The molecule has 5 heteroatoms. The van der Waals surface area contributed by atoms with Crippen molar-refractivity contribution in [3.05, 3.63) is 36.5 Å². The van der Waals surface area contributed by atoms with Gasteiger partial charge >= 0.3 is 0 Å². The Morgan fingerprint density at radius 3 is 2.83 bits per heavy atom. The molecule has 1 heterocycles. The first kappa shape index (κ1) is 12.2. The Balaban J connectivity index is 2.22. The van der Waals surface area contributed by atoms with Crippen LogP contribution in [0, 0.1) is 0 Å². The number of nitrogens with zero attached hydrogens (tertiary/aromatic N) is 2. The van der Waals surface area contributed by atoms with Crippen molar-refractivity contribution in [2.75, 3.05) is 24.3 Å². The molecule has 2 N–H and O–H groups in total. The fourth-order valence-corrected chi connectivity index (χ4v) is 1.54. The Morgan fingerprint density at radius 1 is 1.22 bits per heavy atom. The molecule has 0 bridgehead atoms. The molecular weight excluding hydrogens is 228 g/mol. The van der Waals surface area contributed by atoms with Crippen LogP contribution in [0.1, 0.15) is 6.92 Å². The van der Waals surface area contributed by atoms with Crippen LogP contribution >= 0.6 is 0 Å². The molecule has 0 aliphatic rings. The number of hydrogen-bond acceptors (Lipinski definition) is 5. The minimum Gasteiger partial charge on any atom is -0.492 e. The third-order valence-electron chi connectivity index (χ3n) is 2.33. The van der Waals surface area contributed by atoms with Gasteiger partial charge in [0, 0.05) is 13.2 Å². The molecule has 0 radical (unpaired) electrons. The summed E-state index contributed by atoms with van der Waals surface area (Å²) in [6.45, 7) is 2.59. The van der Waals surface area contributed by atoms with Gasteiger partial charge in [-0.25, -0.2) is 4.98 Å². The second-order valence-electron chi connectivity index (χ2n) is 3.57. The number of benzene rings is 1. The third kappa shape index (κ3) is 2.88. The summed E-state index contributed by atoms with van der Waals surface area (Å²) in [5.74, 6) is 2.11. The molecule has 2 aromatic rings. The lowest BCUT2D eigenvalue weighted by molar-refractivity contribution is 0.342. The molecule has 0 fully saturated rings. The zero-order valence-corrected chi connectivity index (χ0v) is 10.5. The van der Waals surface area contributed by atoms with Crippen molar-refractivity contribution in [3.63, 3.8) is 0 Å². The predicted molar refractivity (Wildman–Crippen MR) is 72.5 cm³/mol. The topological polar surface area (TPSA) is 59.1 Å². The second kappa shape index (κ2) is 5.86. The summed E-state index contributed by atoms with van der Waals surface area (Å²) in [6, 6.07) is 9.57. The lowest BCUT2D eigenvalue weighted by Crippen LogP contribution is -2.01. The van der Waals surface area contributed by atoms with E-state index in [4.69, 9.17) is 4.74 Å². The van der Waals surface area contributed by atoms with Gasteiger partial charge in [0.1, 0.15) is 11.6 Å². The molecule has 1 aromatic carbocycles. The van der Waals surface area contributed by atoms with Gasteiger partial charge in [-0.15, -0.1) is 0 Å². The van der Waals surface area contributed by atoms with Crippen molar-refractivity contribution in [2.24, 2.45) is 0 Å². The van der Waals surface area contributed by atoms with E-state index in [2.05, 4.69) is 20.6 Å². The highest BCUT2D eigenvalue weighted by molar-refractivity contribution is 5.64. The summed E-state index contributed by atoms with van der Waals surface area (Å²) < 4.78 is 5.54. The van der Waals surface area contributed by atoms with E-state index in [9.17, 15) is 0 Å². The average molecular weight is 244 g/mol. The zero-order chi connectivity index (χ0) is 12.8. The van der Waals surface area contributed by atoms with E-state index in [0.717, 1.165) is 17.3 Å². The summed E-state index contributed by atoms with van der Waals surface area (Å²) in [5, 5.41) is 6.12. The highest BCUT2D eigenvalue weighted by Crippen LogP contribution is 2.26. The van der Waals surface area contributed by atoms with Crippen molar-refractivity contribution >= 4 is 17.5 Å². The van der Waals surface area contributed by atoms with Crippen LogP contribution < -0.4 is 15.4 Å². The first-order valence-electron chi connectivity index (χ1n) is 5.83. The highest BCUT2D eigenvalue weighted by Gasteiger charge is 2.04. The number of aromatic nitrogens is 2. The van der Waals surface area contributed by atoms with Gasteiger partial charge in [0.15, 0.2) is 0 Å². The minimum absolute atomic E-state index is 0.578. The first-order valence-corrected chi connectivity index (χ1v) is 5.83. The molecule has 18 heavy (non-hydrogen) atoms. The molecule has 0 atom stereocenters. The van der Waals surface area contributed by atoms with Crippen molar-refractivity contribution in [1.29, 1.82) is 0 Å². The Hall–Kier alpha value is -2.30. The van der Waals surface area contributed by atoms with Gasteiger partial charge in [0.25, 0.3) is 0 Å². The number of hydrogen-bond donors (Lipinski definition) is 2. The highest BCUT2D eigenvalue weighted by atomic mass is 16.5. The maximum atomic E-state index is 5.54. The molecule has 0 saturated heterocycles. The molecule has 0 aliphatic carbocycles.